The zero-order chi connectivity index (χ0) is 12.3. The van der Waals surface area contributed by atoms with Crippen molar-refractivity contribution in [3.05, 3.63) is 10.7 Å². The highest BCUT2D eigenvalue weighted by atomic mass is 79.9. The van der Waals surface area contributed by atoms with E-state index < -0.39 is 0 Å². The van der Waals surface area contributed by atoms with Gasteiger partial charge in [-0.1, -0.05) is 27.7 Å². The summed E-state index contributed by atoms with van der Waals surface area (Å²) < 4.78 is 2.86. The van der Waals surface area contributed by atoms with E-state index in [9.17, 15) is 0 Å². The highest BCUT2D eigenvalue weighted by Gasteiger charge is 2.18. The standard InChI is InChI=1S/C12H22BrN3/c1-8(2)5-10(6-9(3)4)16-12(14)11(13)7-15-16/h7-10H,5-6,14H2,1-4H3. The van der Waals surface area contributed by atoms with Crippen molar-refractivity contribution in [1.29, 1.82) is 0 Å². The van der Waals surface area contributed by atoms with Crippen LogP contribution in [0.4, 0.5) is 5.82 Å². The minimum absolute atomic E-state index is 0.409. The first-order valence-corrected chi connectivity index (χ1v) is 6.69. The Morgan fingerprint density at radius 1 is 1.25 bits per heavy atom. The molecule has 1 heterocycles. The van der Waals surface area contributed by atoms with E-state index in [0.717, 1.165) is 23.1 Å². The SMILES string of the molecule is CC(C)CC(CC(C)C)n1ncc(Br)c1N. The number of nitrogens with zero attached hydrogens (tertiary/aromatic N) is 2. The number of anilines is 1. The third kappa shape index (κ3) is 3.51. The summed E-state index contributed by atoms with van der Waals surface area (Å²) in [7, 11) is 0. The number of halogens is 1. The molecule has 1 aromatic heterocycles. The van der Waals surface area contributed by atoms with Crippen molar-refractivity contribution in [2.24, 2.45) is 11.8 Å². The van der Waals surface area contributed by atoms with Crippen molar-refractivity contribution in [2.75, 3.05) is 5.73 Å². The van der Waals surface area contributed by atoms with E-state index in [1.807, 2.05) is 4.68 Å². The van der Waals surface area contributed by atoms with Gasteiger partial charge in [0.05, 0.1) is 16.7 Å². The number of rotatable bonds is 5. The van der Waals surface area contributed by atoms with Crippen LogP contribution in [0.5, 0.6) is 0 Å². The molecule has 1 aromatic rings. The molecular weight excluding hydrogens is 266 g/mol. The molecular formula is C12H22BrN3. The van der Waals surface area contributed by atoms with Crippen LogP contribution in [-0.2, 0) is 0 Å². The Kier molecular flexibility index (Phi) is 4.84. The Labute approximate surface area is 107 Å². The van der Waals surface area contributed by atoms with Crippen molar-refractivity contribution < 1.29 is 0 Å². The first kappa shape index (κ1) is 13.6. The summed E-state index contributed by atoms with van der Waals surface area (Å²) in [6.45, 7) is 8.95. The molecule has 3 nitrogen and oxygen atoms in total. The van der Waals surface area contributed by atoms with Gasteiger partial charge in [-0.3, -0.25) is 0 Å². The van der Waals surface area contributed by atoms with E-state index in [4.69, 9.17) is 5.73 Å². The molecule has 0 atom stereocenters. The topological polar surface area (TPSA) is 43.8 Å². The van der Waals surface area contributed by atoms with Crippen LogP contribution in [0, 0.1) is 11.8 Å². The molecule has 4 heteroatoms. The van der Waals surface area contributed by atoms with Gasteiger partial charge in [0.25, 0.3) is 0 Å². The molecule has 0 saturated heterocycles. The first-order valence-electron chi connectivity index (χ1n) is 5.90. The highest BCUT2D eigenvalue weighted by Crippen LogP contribution is 2.29. The van der Waals surface area contributed by atoms with Gasteiger partial charge < -0.3 is 5.73 Å². The van der Waals surface area contributed by atoms with Crippen molar-refractivity contribution in [2.45, 2.75) is 46.6 Å². The number of nitrogens with two attached hydrogens (primary N) is 1. The molecule has 16 heavy (non-hydrogen) atoms. The van der Waals surface area contributed by atoms with Crippen molar-refractivity contribution >= 4 is 21.7 Å². The van der Waals surface area contributed by atoms with Crippen LogP contribution < -0.4 is 5.73 Å². The fourth-order valence-electron chi connectivity index (χ4n) is 2.03. The summed E-state index contributed by atoms with van der Waals surface area (Å²) in [5, 5.41) is 4.37. The smallest absolute Gasteiger partial charge is 0.136 e. The summed E-state index contributed by atoms with van der Waals surface area (Å²) in [4.78, 5) is 0. The van der Waals surface area contributed by atoms with Crippen molar-refractivity contribution in [3.63, 3.8) is 0 Å². The van der Waals surface area contributed by atoms with Crippen LogP contribution in [0.3, 0.4) is 0 Å². The fraction of sp³-hybridized carbons (Fsp3) is 0.750. The second-order valence-corrected chi connectivity index (χ2v) is 6.09. The van der Waals surface area contributed by atoms with Gasteiger partial charge in [0, 0.05) is 0 Å². The van der Waals surface area contributed by atoms with Gasteiger partial charge in [0.1, 0.15) is 5.82 Å². The lowest BCUT2D eigenvalue weighted by atomic mass is 9.96. The van der Waals surface area contributed by atoms with Gasteiger partial charge in [0.15, 0.2) is 0 Å². The minimum Gasteiger partial charge on any atom is -0.383 e. The average molecular weight is 288 g/mol. The predicted octanol–water partition coefficient (Wildman–Crippen LogP) is 3.86. The van der Waals surface area contributed by atoms with Crippen LogP contribution in [0.1, 0.15) is 46.6 Å². The van der Waals surface area contributed by atoms with Crippen LogP contribution in [0.15, 0.2) is 10.7 Å². The molecule has 0 fully saturated rings. The minimum atomic E-state index is 0.409. The maximum atomic E-state index is 6.01. The number of nitrogen functional groups attached to an aromatic ring is 1. The largest absolute Gasteiger partial charge is 0.383 e. The average Bonchev–Trinajstić information content (AvgIpc) is 2.45. The third-order valence-corrected chi connectivity index (χ3v) is 3.23. The van der Waals surface area contributed by atoms with Gasteiger partial charge >= 0.3 is 0 Å². The molecule has 0 radical (unpaired) electrons. The molecule has 1 rings (SSSR count). The Morgan fingerprint density at radius 3 is 2.06 bits per heavy atom. The molecule has 0 spiro atoms. The van der Waals surface area contributed by atoms with E-state index in [-0.39, 0.29) is 0 Å². The van der Waals surface area contributed by atoms with Gasteiger partial charge in [-0.15, -0.1) is 0 Å². The lowest BCUT2D eigenvalue weighted by Crippen LogP contribution is -2.17. The van der Waals surface area contributed by atoms with Crippen molar-refractivity contribution in [1.82, 2.24) is 9.78 Å². The zero-order valence-electron chi connectivity index (χ0n) is 10.6. The number of aromatic nitrogens is 2. The first-order chi connectivity index (χ1) is 7.41. The second-order valence-electron chi connectivity index (χ2n) is 5.24. The highest BCUT2D eigenvalue weighted by molar-refractivity contribution is 9.10. The van der Waals surface area contributed by atoms with Crippen LogP contribution >= 0.6 is 15.9 Å². The second kappa shape index (κ2) is 5.71. The molecule has 0 unspecified atom stereocenters. The summed E-state index contributed by atoms with van der Waals surface area (Å²) in [5.41, 5.74) is 6.01. The third-order valence-electron chi connectivity index (χ3n) is 2.62. The Balaban J connectivity index is 2.87. The summed E-state index contributed by atoms with van der Waals surface area (Å²) >= 11 is 3.41. The number of hydrogen-bond donors (Lipinski definition) is 1. The Morgan fingerprint density at radius 2 is 1.75 bits per heavy atom. The lowest BCUT2D eigenvalue weighted by Gasteiger charge is -2.22. The number of hydrogen-bond acceptors (Lipinski definition) is 2. The monoisotopic (exact) mass is 287 g/mol. The molecule has 92 valence electrons. The van der Waals surface area contributed by atoms with Crippen molar-refractivity contribution in [3.8, 4) is 0 Å². The van der Waals surface area contributed by atoms with Crippen LogP contribution in [-0.4, -0.2) is 9.78 Å². The van der Waals surface area contributed by atoms with Gasteiger partial charge in [-0.2, -0.15) is 5.10 Å². The molecule has 0 aromatic carbocycles. The molecule has 2 N–H and O–H groups in total. The van der Waals surface area contributed by atoms with E-state index >= 15 is 0 Å². The quantitative estimate of drug-likeness (QED) is 0.894. The molecule has 0 bridgehead atoms. The Hall–Kier alpha value is -0.510. The van der Waals surface area contributed by atoms with Gasteiger partial charge in [-0.05, 0) is 40.6 Å². The van der Waals surface area contributed by atoms with Gasteiger partial charge in [-0.25, -0.2) is 4.68 Å². The molecule has 0 saturated carbocycles. The molecule has 0 amide bonds. The van der Waals surface area contributed by atoms with Gasteiger partial charge in [0.2, 0.25) is 0 Å². The summed E-state index contributed by atoms with van der Waals surface area (Å²) in [5.74, 6) is 2.06. The zero-order valence-corrected chi connectivity index (χ0v) is 12.2. The summed E-state index contributed by atoms with van der Waals surface area (Å²) in [6.07, 6.45) is 4.02. The Bertz CT molecular complexity index is 321. The molecule has 0 aliphatic carbocycles. The van der Waals surface area contributed by atoms with Crippen LogP contribution in [0.25, 0.3) is 0 Å². The normalized spacial score (nSPS) is 12.0. The maximum absolute atomic E-state index is 6.01. The lowest BCUT2D eigenvalue weighted by molar-refractivity contribution is 0.320. The molecule has 0 aliphatic rings. The van der Waals surface area contributed by atoms with E-state index in [2.05, 4.69) is 48.7 Å². The maximum Gasteiger partial charge on any atom is 0.136 e. The van der Waals surface area contributed by atoms with Crippen LogP contribution in [0.2, 0.25) is 0 Å². The predicted molar refractivity (Wildman–Crippen MR) is 72.3 cm³/mol. The van der Waals surface area contributed by atoms with E-state index in [0.29, 0.717) is 17.9 Å². The summed E-state index contributed by atoms with van der Waals surface area (Å²) in [6, 6.07) is 0.409. The molecule has 0 aliphatic heterocycles. The fourth-order valence-corrected chi connectivity index (χ4v) is 2.30. The van der Waals surface area contributed by atoms with E-state index in [1.165, 1.54) is 0 Å². The van der Waals surface area contributed by atoms with E-state index in [1.54, 1.807) is 6.20 Å².